The number of carbonyl (C=O) groups excluding carboxylic acids is 3. The molecule has 1 aromatic carbocycles. The predicted molar refractivity (Wildman–Crippen MR) is 74.2 cm³/mol. The lowest BCUT2D eigenvalue weighted by Gasteiger charge is -2.30. The molecule has 6 nitrogen and oxygen atoms in total. The molecule has 1 N–H and O–H groups in total. The highest BCUT2D eigenvalue weighted by atomic mass is 16.5. The number of piperazine rings is 1. The molecular weight excluding hydrogens is 272 g/mol. The summed E-state index contributed by atoms with van der Waals surface area (Å²) in [4.78, 5) is 36.9. The molecule has 1 aromatic rings. The van der Waals surface area contributed by atoms with Gasteiger partial charge < -0.3 is 4.74 Å². The van der Waals surface area contributed by atoms with Crippen LogP contribution in [0.4, 0.5) is 0 Å². The maximum Gasteiger partial charge on any atom is 0.243 e. The molecule has 6 heteroatoms. The lowest BCUT2D eigenvalue weighted by molar-refractivity contribution is -0.139. The smallest absolute Gasteiger partial charge is 0.243 e. The fourth-order valence-corrected chi connectivity index (χ4v) is 2.60. The fourth-order valence-electron chi connectivity index (χ4n) is 2.60. The minimum Gasteiger partial charge on any atom is -0.493 e. The van der Waals surface area contributed by atoms with Crippen LogP contribution < -0.4 is 10.1 Å². The standard InChI is InChI=1S/C15H16N2O4/c1-9-15(20)16-14(19)8-17(9)7-12(18)10-2-3-13-11(6-10)4-5-21-13/h2-3,6,9H,4-5,7-8H2,1H3,(H,16,19,20). The molecule has 3 rings (SSSR count). The van der Waals surface area contributed by atoms with Gasteiger partial charge in [-0.3, -0.25) is 24.6 Å². The molecule has 110 valence electrons. The monoisotopic (exact) mass is 288 g/mol. The molecule has 0 bridgehead atoms. The van der Waals surface area contributed by atoms with Crippen molar-refractivity contribution in [2.75, 3.05) is 19.7 Å². The number of hydrogen-bond acceptors (Lipinski definition) is 5. The minimum atomic E-state index is -0.482. The van der Waals surface area contributed by atoms with Crippen molar-refractivity contribution in [1.29, 1.82) is 0 Å². The maximum absolute atomic E-state index is 12.3. The highest BCUT2D eigenvalue weighted by molar-refractivity contribution is 6.03. The van der Waals surface area contributed by atoms with E-state index in [1.807, 2.05) is 6.07 Å². The molecule has 1 fully saturated rings. The summed E-state index contributed by atoms with van der Waals surface area (Å²) >= 11 is 0. The minimum absolute atomic E-state index is 0.0555. The first-order valence-electron chi connectivity index (χ1n) is 6.91. The Hall–Kier alpha value is -2.21. The third kappa shape index (κ3) is 2.67. The second-order valence-corrected chi connectivity index (χ2v) is 5.34. The van der Waals surface area contributed by atoms with E-state index in [-0.39, 0.29) is 30.7 Å². The van der Waals surface area contributed by atoms with E-state index in [1.165, 1.54) is 0 Å². The zero-order valence-electron chi connectivity index (χ0n) is 11.7. The Morgan fingerprint density at radius 3 is 3.05 bits per heavy atom. The number of ketones is 1. The van der Waals surface area contributed by atoms with E-state index in [2.05, 4.69) is 5.32 Å². The number of Topliss-reactive ketones (excluding diaryl/α,β-unsaturated/α-hetero) is 1. The third-order valence-electron chi connectivity index (χ3n) is 3.89. The number of rotatable bonds is 3. The molecule has 2 heterocycles. The summed E-state index contributed by atoms with van der Waals surface area (Å²) in [6, 6.07) is 4.88. The quantitative estimate of drug-likeness (QED) is 0.633. The Kier molecular flexibility index (Phi) is 3.47. The topological polar surface area (TPSA) is 75.7 Å². The van der Waals surface area contributed by atoms with Crippen LogP contribution >= 0.6 is 0 Å². The number of nitrogens with one attached hydrogen (secondary N) is 1. The molecule has 2 aliphatic heterocycles. The van der Waals surface area contributed by atoms with Crippen LogP contribution in [0.3, 0.4) is 0 Å². The summed E-state index contributed by atoms with van der Waals surface area (Å²) in [6.45, 7) is 2.45. The molecule has 0 aromatic heterocycles. The Balaban J connectivity index is 1.74. The maximum atomic E-state index is 12.3. The molecule has 0 radical (unpaired) electrons. The molecule has 1 unspecified atom stereocenters. The van der Waals surface area contributed by atoms with Crippen LogP contribution in [0.5, 0.6) is 5.75 Å². The van der Waals surface area contributed by atoms with Crippen LogP contribution in [-0.4, -0.2) is 48.2 Å². The normalized spacial score (nSPS) is 21.7. The van der Waals surface area contributed by atoms with E-state index in [9.17, 15) is 14.4 Å². The molecule has 2 amide bonds. The lowest BCUT2D eigenvalue weighted by Crippen LogP contribution is -2.57. The Labute approximate surface area is 122 Å². The van der Waals surface area contributed by atoms with Gasteiger partial charge in [0.2, 0.25) is 11.8 Å². The van der Waals surface area contributed by atoms with Gasteiger partial charge in [0.05, 0.1) is 25.7 Å². The van der Waals surface area contributed by atoms with Crippen LogP contribution in [0.2, 0.25) is 0 Å². The second kappa shape index (κ2) is 5.29. The second-order valence-electron chi connectivity index (χ2n) is 5.34. The van der Waals surface area contributed by atoms with Gasteiger partial charge in [0.1, 0.15) is 5.75 Å². The Bertz CT molecular complexity index is 626. The van der Waals surface area contributed by atoms with Crippen LogP contribution in [-0.2, 0) is 16.0 Å². The summed E-state index contributed by atoms with van der Waals surface area (Å²) < 4.78 is 5.41. The van der Waals surface area contributed by atoms with Gasteiger partial charge in [0, 0.05) is 12.0 Å². The first-order valence-corrected chi connectivity index (χ1v) is 6.91. The van der Waals surface area contributed by atoms with Gasteiger partial charge in [-0.1, -0.05) is 0 Å². The number of benzene rings is 1. The first kappa shape index (κ1) is 13.8. The molecule has 21 heavy (non-hydrogen) atoms. The molecule has 1 saturated heterocycles. The van der Waals surface area contributed by atoms with Crippen molar-refractivity contribution in [2.24, 2.45) is 0 Å². The molecular formula is C15H16N2O4. The van der Waals surface area contributed by atoms with Crippen LogP contribution in [0.15, 0.2) is 18.2 Å². The number of fused-ring (bicyclic) bond motifs is 1. The van der Waals surface area contributed by atoms with Gasteiger partial charge in [-0.05, 0) is 30.7 Å². The molecule has 1 atom stereocenters. The molecule has 0 aliphatic carbocycles. The number of amides is 2. The average Bonchev–Trinajstić information content (AvgIpc) is 2.91. The molecule has 2 aliphatic rings. The molecule has 0 saturated carbocycles. The summed E-state index contributed by atoms with van der Waals surface area (Å²) in [5.41, 5.74) is 1.62. The van der Waals surface area contributed by atoms with E-state index in [0.29, 0.717) is 12.2 Å². The van der Waals surface area contributed by atoms with Gasteiger partial charge in [0.25, 0.3) is 0 Å². The zero-order valence-corrected chi connectivity index (χ0v) is 11.7. The van der Waals surface area contributed by atoms with Crippen LogP contribution in [0, 0.1) is 0 Å². The van der Waals surface area contributed by atoms with E-state index in [1.54, 1.807) is 24.0 Å². The third-order valence-corrected chi connectivity index (χ3v) is 3.89. The van der Waals surface area contributed by atoms with Gasteiger partial charge in [0.15, 0.2) is 5.78 Å². The Morgan fingerprint density at radius 1 is 1.43 bits per heavy atom. The van der Waals surface area contributed by atoms with Gasteiger partial charge in [-0.15, -0.1) is 0 Å². The Morgan fingerprint density at radius 2 is 2.24 bits per heavy atom. The highest BCUT2D eigenvalue weighted by Gasteiger charge is 2.31. The molecule has 0 spiro atoms. The summed E-state index contributed by atoms with van der Waals surface area (Å²) in [7, 11) is 0. The largest absolute Gasteiger partial charge is 0.493 e. The number of imide groups is 1. The first-order chi connectivity index (χ1) is 10.0. The number of hydrogen-bond donors (Lipinski definition) is 1. The number of carbonyl (C=O) groups is 3. The van der Waals surface area contributed by atoms with E-state index in [0.717, 1.165) is 17.7 Å². The van der Waals surface area contributed by atoms with Crippen molar-refractivity contribution in [1.82, 2.24) is 10.2 Å². The fraction of sp³-hybridized carbons (Fsp3) is 0.400. The van der Waals surface area contributed by atoms with E-state index in [4.69, 9.17) is 4.74 Å². The van der Waals surface area contributed by atoms with Gasteiger partial charge in [-0.2, -0.15) is 0 Å². The number of ether oxygens (including phenoxy) is 1. The van der Waals surface area contributed by atoms with Crippen LogP contribution in [0.1, 0.15) is 22.8 Å². The number of nitrogens with zero attached hydrogens (tertiary/aromatic N) is 1. The van der Waals surface area contributed by atoms with E-state index >= 15 is 0 Å². The summed E-state index contributed by atoms with van der Waals surface area (Å²) in [5, 5.41) is 2.26. The van der Waals surface area contributed by atoms with Crippen LogP contribution in [0.25, 0.3) is 0 Å². The van der Waals surface area contributed by atoms with Crippen molar-refractivity contribution in [3.05, 3.63) is 29.3 Å². The predicted octanol–water partition coefficient (Wildman–Crippen LogP) is 0.151. The average molecular weight is 288 g/mol. The van der Waals surface area contributed by atoms with Crippen molar-refractivity contribution in [3.63, 3.8) is 0 Å². The van der Waals surface area contributed by atoms with Gasteiger partial charge >= 0.3 is 0 Å². The van der Waals surface area contributed by atoms with Crippen molar-refractivity contribution < 1.29 is 19.1 Å². The zero-order chi connectivity index (χ0) is 15.0. The summed E-state index contributed by atoms with van der Waals surface area (Å²) in [6.07, 6.45) is 0.803. The van der Waals surface area contributed by atoms with Crippen molar-refractivity contribution >= 4 is 17.6 Å². The van der Waals surface area contributed by atoms with Crippen molar-refractivity contribution in [3.8, 4) is 5.75 Å². The van der Waals surface area contributed by atoms with E-state index < -0.39 is 6.04 Å². The van der Waals surface area contributed by atoms with Gasteiger partial charge in [-0.25, -0.2) is 0 Å². The lowest BCUT2D eigenvalue weighted by atomic mass is 10.0. The SMILES string of the molecule is CC1C(=O)NC(=O)CN1CC(=O)c1ccc2c(c1)CCO2. The summed E-state index contributed by atoms with van der Waals surface area (Å²) in [5.74, 6) is 0.00107. The van der Waals surface area contributed by atoms with Crippen molar-refractivity contribution in [2.45, 2.75) is 19.4 Å². The highest BCUT2D eigenvalue weighted by Crippen LogP contribution is 2.26.